The number of carbonyl (C=O) groups is 1. The number of nitrogens with one attached hydrogen (secondary N) is 1. The molecule has 0 atom stereocenters. The fourth-order valence-electron chi connectivity index (χ4n) is 0.875. The number of nitrogens with two attached hydrogens (primary N) is 1. The number of aromatic nitrogens is 1. The zero-order chi connectivity index (χ0) is 10.6. The van der Waals surface area contributed by atoms with Crippen molar-refractivity contribution < 1.29 is 10.0 Å². The second-order valence-electron chi connectivity index (χ2n) is 2.50. The number of pyridine rings is 1. The molecule has 6 nitrogen and oxygen atoms in total. The zero-order valence-corrected chi connectivity index (χ0v) is 7.56. The Balaban J connectivity index is 2.95. The zero-order valence-electron chi connectivity index (χ0n) is 7.56. The van der Waals surface area contributed by atoms with Gasteiger partial charge in [-0.3, -0.25) is 9.78 Å². The van der Waals surface area contributed by atoms with Crippen LogP contribution in [0.1, 0.15) is 16.1 Å². The Morgan fingerprint density at radius 2 is 2.36 bits per heavy atom. The highest BCUT2D eigenvalue weighted by Gasteiger charge is 2.05. The second-order valence-corrected chi connectivity index (χ2v) is 2.50. The van der Waals surface area contributed by atoms with Gasteiger partial charge >= 0.3 is 0 Å². The summed E-state index contributed by atoms with van der Waals surface area (Å²) in [5, 5.41) is 13.6. The van der Waals surface area contributed by atoms with Crippen molar-refractivity contribution >= 4 is 11.7 Å². The fraction of sp³-hybridized carbons (Fsp3) is 0.125. The van der Waals surface area contributed by atoms with E-state index < -0.39 is 0 Å². The molecule has 0 unspecified atom stereocenters. The molecule has 1 amide bonds. The normalized spacial score (nSPS) is 11.1. The van der Waals surface area contributed by atoms with Gasteiger partial charge in [0.15, 0.2) is 5.84 Å². The smallest absolute Gasteiger partial charge is 0.252 e. The summed E-state index contributed by atoms with van der Waals surface area (Å²) >= 11 is 0. The molecule has 0 radical (unpaired) electrons. The lowest BCUT2D eigenvalue weighted by atomic mass is 10.2. The molecular weight excluding hydrogens is 184 g/mol. The summed E-state index contributed by atoms with van der Waals surface area (Å²) in [4.78, 5) is 14.9. The van der Waals surface area contributed by atoms with Gasteiger partial charge in [-0.2, -0.15) is 0 Å². The van der Waals surface area contributed by atoms with Gasteiger partial charge in [0.1, 0.15) is 5.69 Å². The largest absolute Gasteiger partial charge is 0.409 e. The summed E-state index contributed by atoms with van der Waals surface area (Å²) in [6.45, 7) is 0. The van der Waals surface area contributed by atoms with Gasteiger partial charge in [-0.25, -0.2) is 0 Å². The number of amidine groups is 1. The Morgan fingerprint density at radius 3 is 2.79 bits per heavy atom. The first kappa shape index (κ1) is 9.97. The molecule has 0 spiro atoms. The molecule has 0 fully saturated rings. The Kier molecular flexibility index (Phi) is 3.01. The van der Waals surface area contributed by atoms with Gasteiger partial charge in [-0.15, -0.1) is 0 Å². The van der Waals surface area contributed by atoms with Gasteiger partial charge in [0.2, 0.25) is 0 Å². The molecule has 0 aliphatic carbocycles. The van der Waals surface area contributed by atoms with Gasteiger partial charge in [0.25, 0.3) is 5.91 Å². The first-order valence-corrected chi connectivity index (χ1v) is 3.85. The standard InChI is InChI=1S/C8H10N4O2/c1-10-8(13)5-2-3-6(11-4-5)7(9)12-14/h2-4,14H,1H3,(H2,9,12)(H,10,13). The van der Waals surface area contributed by atoms with Crippen LogP contribution in [-0.4, -0.2) is 29.0 Å². The molecule has 0 aliphatic rings. The van der Waals surface area contributed by atoms with Crippen LogP contribution in [0.15, 0.2) is 23.5 Å². The van der Waals surface area contributed by atoms with Crippen molar-refractivity contribution in [1.82, 2.24) is 10.3 Å². The van der Waals surface area contributed by atoms with E-state index in [1.165, 1.54) is 19.3 Å². The van der Waals surface area contributed by atoms with Crippen LogP contribution in [0.5, 0.6) is 0 Å². The van der Waals surface area contributed by atoms with Crippen LogP contribution >= 0.6 is 0 Å². The Morgan fingerprint density at radius 1 is 1.64 bits per heavy atom. The maximum absolute atomic E-state index is 11.1. The fourth-order valence-corrected chi connectivity index (χ4v) is 0.875. The van der Waals surface area contributed by atoms with E-state index in [2.05, 4.69) is 15.5 Å². The molecule has 0 saturated heterocycles. The predicted molar refractivity (Wildman–Crippen MR) is 50.1 cm³/mol. The molecule has 4 N–H and O–H groups in total. The molecule has 0 bridgehead atoms. The van der Waals surface area contributed by atoms with E-state index in [1.807, 2.05) is 0 Å². The highest BCUT2D eigenvalue weighted by molar-refractivity contribution is 5.97. The van der Waals surface area contributed by atoms with E-state index in [0.717, 1.165) is 0 Å². The number of amides is 1. The molecule has 14 heavy (non-hydrogen) atoms. The molecule has 6 heteroatoms. The van der Waals surface area contributed by atoms with E-state index in [4.69, 9.17) is 10.9 Å². The van der Waals surface area contributed by atoms with Crippen LogP contribution < -0.4 is 11.1 Å². The minimum Gasteiger partial charge on any atom is -0.409 e. The van der Waals surface area contributed by atoms with Crippen molar-refractivity contribution in [2.75, 3.05) is 7.05 Å². The van der Waals surface area contributed by atoms with E-state index in [9.17, 15) is 4.79 Å². The topological polar surface area (TPSA) is 101 Å². The van der Waals surface area contributed by atoms with Gasteiger partial charge in [-0.1, -0.05) is 5.16 Å². The number of oxime groups is 1. The van der Waals surface area contributed by atoms with E-state index in [0.29, 0.717) is 11.3 Å². The molecule has 1 aromatic rings. The number of carbonyl (C=O) groups excluding carboxylic acids is 1. The van der Waals surface area contributed by atoms with Gasteiger partial charge in [0.05, 0.1) is 5.56 Å². The quantitative estimate of drug-likeness (QED) is 0.256. The van der Waals surface area contributed by atoms with Crippen molar-refractivity contribution in [3.63, 3.8) is 0 Å². The highest BCUT2D eigenvalue weighted by atomic mass is 16.4. The van der Waals surface area contributed by atoms with Crippen molar-refractivity contribution in [3.05, 3.63) is 29.6 Å². The van der Waals surface area contributed by atoms with E-state index >= 15 is 0 Å². The summed E-state index contributed by atoms with van der Waals surface area (Å²) < 4.78 is 0. The Hall–Kier alpha value is -2.11. The lowest BCUT2D eigenvalue weighted by Gasteiger charge is -2.00. The maximum Gasteiger partial charge on any atom is 0.252 e. The first-order chi connectivity index (χ1) is 6.69. The van der Waals surface area contributed by atoms with Crippen molar-refractivity contribution in [2.45, 2.75) is 0 Å². The third-order valence-corrected chi connectivity index (χ3v) is 1.62. The van der Waals surface area contributed by atoms with Gasteiger partial charge < -0.3 is 16.3 Å². The minimum atomic E-state index is -0.233. The number of hydrogen-bond donors (Lipinski definition) is 3. The summed E-state index contributed by atoms with van der Waals surface area (Å²) in [6.07, 6.45) is 1.35. The molecule has 0 aromatic carbocycles. The molecular formula is C8H10N4O2. The SMILES string of the molecule is CNC(=O)c1ccc(/C(N)=N/O)nc1. The number of hydrogen-bond acceptors (Lipinski definition) is 4. The summed E-state index contributed by atoms with van der Waals surface area (Å²) in [7, 11) is 1.53. The molecule has 1 rings (SSSR count). The molecule has 1 heterocycles. The molecule has 74 valence electrons. The van der Waals surface area contributed by atoms with E-state index in [-0.39, 0.29) is 11.7 Å². The highest BCUT2D eigenvalue weighted by Crippen LogP contribution is 1.99. The van der Waals surface area contributed by atoms with Crippen LogP contribution in [0.4, 0.5) is 0 Å². The second kappa shape index (κ2) is 4.22. The van der Waals surface area contributed by atoms with Gasteiger partial charge in [-0.05, 0) is 12.1 Å². The third-order valence-electron chi connectivity index (χ3n) is 1.62. The predicted octanol–water partition coefficient (Wildman–Crippen LogP) is -0.464. The molecule has 1 aromatic heterocycles. The minimum absolute atomic E-state index is 0.0894. The summed E-state index contributed by atoms with van der Waals surface area (Å²) in [6, 6.07) is 3.04. The lowest BCUT2D eigenvalue weighted by molar-refractivity contribution is 0.0962. The molecule has 0 saturated carbocycles. The van der Waals surface area contributed by atoms with Gasteiger partial charge in [0, 0.05) is 13.2 Å². The summed E-state index contributed by atoms with van der Waals surface area (Å²) in [5.41, 5.74) is 6.03. The van der Waals surface area contributed by atoms with Crippen molar-refractivity contribution in [2.24, 2.45) is 10.9 Å². The van der Waals surface area contributed by atoms with Crippen LogP contribution in [0.25, 0.3) is 0 Å². The Labute approximate surface area is 80.4 Å². The maximum atomic E-state index is 11.1. The lowest BCUT2D eigenvalue weighted by Crippen LogP contribution is -2.19. The van der Waals surface area contributed by atoms with Crippen LogP contribution in [-0.2, 0) is 0 Å². The van der Waals surface area contributed by atoms with Crippen molar-refractivity contribution in [1.29, 1.82) is 0 Å². The number of rotatable bonds is 2. The first-order valence-electron chi connectivity index (χ1n) is 3.85. The van der Waals surface area contributed by atoms with Crippen molar-refractivity contribution in [3.8, 4) is 0 Å². The Bertz CT molecular complexity index is 358. The van der Waals surface area contributed by atoms with E-state index in [1.54, 1.807) is 6.07 Å². The average molecular weight is 194 g/mol. The average Bonchev–Trinajstić information content (AvgIpc) is 2.27. The van der Waals surface area contributed by atoms with Crippen LogP contribution in [0, 0.1) is 0 Å². The number of nitrogens with zero attached hydrogens (tertiary/aromatic N) is 2. The van der Waals surface area contributed by atoms with Crippen LogP contribution in [0.3, 0.4) is 0 Å². The van der Waals surface area contributed by atoms with Crippen LogP contribution in [0.2, 0.25) is 0 Å². The third kappa shape index (κ3) is 1.98. The summed E-state index contributed by atoms with van der Waals surface area (Å²) in [5.74, 6) is -0.322. The molecule has 0 aliphatic heterocycles. The monoisotopic (exact) mass is 194 g/mol.